The van der Waals surface area contributed by atoms with Crippen LogP contribution in [0.2, 0.25) is 0 Å². The van der Waals surface area contributed by atoms with E-state index >= 15 is 0 Å². The van der Waals surface area contributed by atoms with Crippen LogP contribution in [0.5, 0.6) is 5.75 Å². The number of hydrogen-bond acceptors (Lipinski definition) is 8. The number of hydrogen-bond donors (Lipinski definition) is 1. The third-order valence-electron chi connectivity index (χ3n) is 12.1. The first-order valence-corrected chi connectivity index (χ1v) is 18.1. The Balaban J connectivity index is 1.20. The van der Waals surface area contributed by atoms with E-state index in [4.69, 9.17) is 14.7 Å². The lowest BCUT2D eigenvalue weighted by atomic mass is 9.72. The Hall–Kier alpha value is -4.39. The van der Waals surface area contributed by atoms with Crippen molar-refractivity contribution in [3.63, 3.8) is 0 Å². The quantitative estimate of drug-likeness (QED) is 0.218. The average Bonchev–Trinajstić information content (AvgIpc) is 3.79. The van der Waals surface area contributed by atoms with Gasteiger partial charge in [-0.3, -0.25) is 14.8 Å². The van der Waals surface area contributed by atoms with Crippen molar-refractivity contribution in [2.24, 2.45) is 5.41 Å². The van der Waals surface area contributed by atoms with Crippen LogP contribution in [-0.4, -0.2) is 107 Å². The second-order valence-electron chi connectivity index (χ2n) is 15.8. The number of aryl methyl sites for hydroxylation is 1. The molecule has 0 unspecified atom stereocenters. The lowest BCUT2D eigenvalue weighted by Gasteiger charge is -2.57. The molecule has 4 saturated heterocycles. The third kappa shape index (κ3) is 5.50. The fourth-order valence-electron chi connectivity index (χ4n) is 8.87. The summed E-state index contributed by atoms with van der Waals surface area (Å²) in [5, 5.41) is 8.89. The van der Waals surface area contributed by atoms with Crippen molar-refractivity contribution in [3.05, 3.63) is 48.2 Å². The Morgan fingerprint density at radius 1 is 1.04 bits per heavy atom. The molecule has 0 atom stereocenters. The molecule has 1 saturated carbocycles. The Labute approximate surface area is 294 Å². The molecule has 4 aromatic rings. The summed E-state index contributed by atoms with van der Waals surface area (Å²) in [5.74, 6) is 1.56. The molecular formula is C38H43F3N8O2. The largest absolute Gasteiger partial charge is 0.481 e. The molecular weight excluding hydrogens is 657 g/mol. The predicted molar refractivity (Wildman–Crippen MR) is 190 cm³/mol. The maximum atomic E-state index is 14.1. The van der Waals surface area contributed by atoms with Crippen LogP contribution in [0.25, 0.3) is 32.9 Å². The molecule has 1 spiro atoms. The van der Waals surface area contributed by atoms with Crippen LogP contribution >= 0.6 is 0 Å². The van der Waals surface area contributed by atoms with E-state index < -0.39 is 12.8 Å². The van der Waals surface area contributed by atoms with Crippen LogP contribution in [0.1, 0.15) is 56.1 Å². The maximum absolute atomic E-state index is 14.1. The number of ether oxygens (including phenoxy) is 1. The van der Waals surface area contributed by atoms with Gasteiger partial charge in [-0.1, -0.05) is 12.6 Å². The van der Waals surface area contributed by atoms with Gasteiger partial charge >= 0.3 is 6.18 Å². The van der Waals surface area contributed by atoms with Gasteiger partial charge in [-0.05, 0) is 86.8 Å². The molecule has 4 aliphatic heterocycles. The molecule has 1 aliphatic carbocycles. The van der Waals surface area contributed by atoms with Gasteiger partial charge in [-0.2, -0.15) is 23.3 Å². The number of aromatic amines is 1. The summed E-state index contributed by atoms with van der Waals surface area (Å²) in [6, 6.07) is 6.06. The molecule has 13 heteroatoms. The van der Waals surface area contributed by atoms with E-state index in [9.17, 15) is 18.0 Å². The van der Waals surface area contributed by atoms with Crippen LogP contribution in [0.4, 0.5) is 24.9 Å². The van der Waals surface area contributed by atoms with E-state index in [1.807, 2.05) is 24.0 Å². The number of carbonyl (C=O) groups excluding carboxylic acids is 1. The highest BCUT2D eigenvalue weighted by atomic mass is 19.4. The van der Waals surface area contributed by atoms with Crippen molar-refractivity contribution in [1.29, 1.82) is 0 Å². The summed E-state index contributed by atoms with van der Waals surface area (Å²) in [6.45, 7) is 13.0. The number of benzene rings is 2. The summed E-state index contributed by atoms with van der Waals surface area (Å²) in [7, 11) is 0. The predicted octanol–water partition coefficient (Wildman–Crippen LogP) is 6.20. The lowest BCUT2D eigenvalue weighted by molar-refractivity contribution is -0.153. The van der Waals surface area contributed by atoms with Gasteiger partial charge in [0.15, 0.2) is 12.4 Å². The molecule has 5 aliphatic rings. The first-order valence-electron chi connectivity index (χ1n) is 18.1. The zero-order valence-electron chi connectivity index (χ0n) is 29.2. The van der Waals surface area contributed by atoms with Gasteiger partial charge in [0.05, 0.1) is 17.3 Å². The molecule has 1 N–H and O–H groups in total. The van der Waals surface area contributed by atoms with Crippen LogP contribution < -0.4 is 14.5 Å². The summed E-state index contributed by atoms with van der Waals surface area (Å²) in [6.07, 6.45) is 3.43. The number of nitrogens with zero attached hydrogens (tertiary/aromatic N) is 7. The zero-order valence-corrected chi connectivity index (χ0v) is 29.2. The minimum Gasteiger partial charge on any atom is -0.481 e. The number of aromatic nitrogens is 4. The van der Waals surface area contributed by atoms with Crippen molar-refractivity contribution in [2.75, 3.05) is 68.8 Å². The third-order valence-corrected chi connectivity index (χ3v) is 12.1. The van der Waals surface area contributed by atoms with Gasteiger partial charge in [0.1, 0.15) is 11.3 Å². The molecule has 268 valence electrons. The van der Waals surface area contributed by atoms with Gasteiger partial charge in [-0.15, -0.1) is 0 Å². The number of likely N-dealkylation sites (tertiary alicyclic amines) is 2. The molecule has 2 aromatic heterocycles. The van der Waals surface area contributed by atoms with Crippen molar-refractivity contribution in [2.45, 2.75) is 63.6 Å². The number of nitrogens with one attached hydrogen (secondary N) is 1. The van der Waals surface area contributed by atoms with Gasteiger partial charge in [0.2, 0.25) is 11.9 Å². The number of piperidine rings is 1. The highest BCUT2D eigenvalue weighted by Gasteiger charge is 2.48. The summed E-state index contributed by atoms with van der Waals surface area (Å²) < 4.78 is 48.1. The first-order chi connectivity index (χ1) is 24.4. The average molecular weight is 701 g/mol. The topological polar surface area (TPSA) is 93.7 Å². The minimum atomic E-state index is -4.55. The first kappa shape index (κ1) is 32.5. The van der Waals surface area contributed by atoms with Crippen molar-refractivity contribution >= 4 is 39.5 Å². The molecule has 51 heavy (non-hydrogen) atoms. The highest BCUT2D eigenvalue weighted by molar-refractivity contribution is 6.06. The van der Waals surface area contributed by atoms with E-state index in [0.29, 0.717) is 30.1 Å². The lowest BCUT2D eigenvalue weighted by Crippen LogP contribution is -2.71. The van der Waals surface area contributed by atoms with Crippen molar-refractivity contribution in [1.82, 2.24) is 30.0 Å². The maximum Gasteiger partial charge on any atom is 0.422 e. The number of carbonyl (C=O) groups is 1. The molecule has 9 rings (SSSR count). The van der Waals surface area contributed by atoms with Crippen LogP contribution in [0.3, 0.4) is 0 Å². The fourth-order valence-corrected chi connectivity index (χ4v) is 8.87. The van der Waals surface area contributed by atoms with E-state index in [0.717, 1.165) is 104 Å². The molecule has 2 aromatic carbocycles. The second kappa shape index (κ2) is 11.6. The standard InChI is InChI=1S/C38H43F3N8O2/c1-4-29(50)47-20-37(21-47)10-14-46(15-11-37)34-26-16-25(24-7-8-24)31(30-23(2)6-9-28-27(30)17-42-45-28)33(51-22-38(39,40)41)32(26)43-35(44-34)48-18-36(3,19-48)49-12-5-13-49/h4,6,9,16-17,24H,1,5,7-8,10-15,18-22H2,2-3H3,(H,42,45). The molecule has 0 bridgehead atoms. The number of fused-ring (bicyclic) bond motifs is 2. The van der Waals surface area contributed by atoms with Crippen LogP contribution in [0.15, 0.2) is 37.1 Å². The number of halogens is 3. The summed E-state index contributed by atoms with van der Waals surface area (Å²) in [4.78, 5) is 31.4. The Kier molecular flexibility index (Phi) is 7.37. The van der Waals surface area contributed by atoms with Gasteiger partial charge < -0.3 is 19.4 Å². The minimum absolute atomic E-state index is 0.0118. The van der Waals surface area contributed by atoms with Crippen LogP contribution in [0, 0.1) is 12.3 Å². The number of amides is 1. The second-order valence-corrected chi connectivity index (χ2v) is 15.8. The van der Waals surface area contributed by atoms with Gasteiger partial charge in [0.25, 0.3) is 0 Å². The summed E-state index contributed by atoms with van der Waals surface area (Å²) >= 11 is 0. The smallest absolute Gasteiger partial charge is 0.422 e. The van der Waals surface area contributed by atoms with E-state index in [1.54, 1.807) is 6.20 Å². The Bertz CT molecular complexity index is 2050. The van der Waals surface area contributed by atoms with E-state index in [2.05, 4.69) is 44.5 Å². The van der Waals surface area contributed by atoms with Crippen molar-refractivity contribution < 1.29 is 22.7 Å². The fraction of sp³-hybridized carbons (Fsp3) is 0.526. The van der Waals surface area contributed by atoms with E-state index in [1.165, 1.54) is 12.5 Å². The molecule has 6 heterocycles. The number of rotatable bonds is 8. The zero-order chi connectivity index (χ0) is 35.3. The van der Waals surface area contributed by atoms with E-state index in [-0.39, 0.29) is 28.5 Å². The van der Waals surface area contributed by atoms with Crippen LogP contribution in [-0.2, 0) is 4.79 Å². The SMILES string of the molecule is C=CC(=O)N1CC2(CCN(c3nc(N4CC(C)(N5CCC5)C4)nc4c(OCC(F)(F)F)c(-c5c(C)ccc6[nH]ncc56)c(C5CC5)cc34)CC2)C1. The Morgan fingerprint density at radius 2 is 1.78 bits per heavy atom. The summed E-state index contributed by atoms with van der Waals surface area (Å²) in [5.41, 5.74) is 4.67. The molecule has 10 nitrogen and oxygen atoms in total. The van der Waals surface area contributed by atoms with Crippen molar-refractivity contribution in [3.8, 4) is 16.9 Å². The molecule has 1 amide bonds. The Morgan fingerprint density at radius 3 is 2.43 bits per heavy atom. The highest BCUT2D eigenvalue weighted by Crippen LogP contribution is 2.53. The van der Waals surface area contributed by atoms with Gasteiger partial charge in [0, 0.05) is 74.1 Å². The molecule has 5 fully saturated rings. The number of H-pyrrole nitrogens is 1. The number of alkyl halides is 3. The monoisotopic (exact) mass is 700 g/mol. The van der Waals surface area contributed by atoms with Gasteiger partial charge in [-0.25, -0.2) is 4.98 Å². The normalized spacial score (nSPS) is 21.5. The number of anilines is 2. The molecule has 0 radical (unpaired) electrons.